The quantitative estimate of drug-likeness (QED) is 0.779. The van der Waals surface area contributed by atoms with Crippen molar-refractivity contribution in [1.29, 1.82) is 0 Å². The van der Waals surface area contributed by atoms with Gasteiger partial charge in [0.05, 0.1) is 0 Å². The Hall–Kier alpha value is -1.39. The summed E-state index contributed by atoms with van der Waals surface area (Å²) in [5.74, 6) is -0.0758. The first-order valence-electron chi connectivity index (χ1n) is 6.10. The first-order chi connectivity index (χ1) is 9.47. The number of amides is 1. The first-order valence-corrected chi connectivity index (χ1v) is 7.27. The van der Waals surface area contributed by atoms with Crippen molar-refractivity contribution in [3.63, 3.8) is 0 Å². The van der Waals surface area contributed by atoms with E-state index in [1.54, 1.807) is 24.1 Å². The second kappa shape index (κ2) is 6.37. The maximum Gasteiger partial charge on any atom is 0.254 e. The topological polar surface area (TPSA) is 33.2 Å². The first kappa shape index (κ1) is 15.0. The van der Waals surface area contributed by atoms with Gasteiger partial charge in [-0.05, 0) is 30.7 Å². The van der Waals surface area contributed by atoms with Gasteiger partial charge in [0, 0.05) is 29.3 Å². The van der Waals surface area contributed by atoms with Crippen LogP contribution in [0.25, 0.3) is 0 Å². The summed E-state index contributed by atoms with van der Waals surface area (Å²) in [6, 6.07) is 11.2. The minimum absolute atomic E-state index is 0.0758. The highest BCUT2D eigenvalue weighted by atomic mass is 79.9. The van der Waals surface area contributed by atoms with Crippen LogP contribution in [0.2, 0.25) is 5.15 Å². The summed E-state index contributed by atoms with van der Waals surface area (Å²) in [5, 5.41) is 0.336. The van der Waals surface area contributed by atoms with Crippen LogP contribution in [0.1, 0.15) is 21.6 Å². The minimum atomic E-state index is -0.0758. The van der Waals surface area contributed by atoms with E-state index in [0.29, 0.717) is 17.3 Å². The van der Waals surface area contributed by atoms with Crippen molar-refractivity contribution < 1.29 is 4.79 Å². The fraction of sp³-hybridized carbons (Fsp3) is 0.200. The molecule has 0 radical (unpaired) electrons. The van der Waals surface area contributed by atoms with E-state index >= 15 is 0 Å². The highest BCUT2D eigenvalue weighted by Gasteiger charge is 2.14. The Kier molecular flexibility index (Phi) is 4.78. The molecule has 2 aromatic rings. The summed E-state index contributed by atoms with van der Waals surface area (Å²) < 4.78 is 0.989. The molecule has 0 saturated carbocycles. The number of nitrogens with zero attached hydrogens (tertiary/aromatic N) is 2. The molecule has 0 N–H and O–H groups in total. The van der Waals surface area contributed by atoms with E-state index in [0.717, 1.165) is 15.7 Å². The molecule has 1 aromatic carbocycles. The van der Waals surface area contributed by atoms with Crippen LogP contribution in [0.15, 0.2) is 40.9 Å². The standard InChI is InChI=1S/C15H14BrClN2O/c1-10-7-12(8-14(17)18-10)15(20)19(2)9-11-5-3-4-6-13(11)16/h3-8H,9H2,1-2H3. The largest absolute Gasteiger partial charge is 0.337 e. The van der Waals surface area contributed by atoms with Crippen LogP contribution in [0.4, 0.5) is 0 Å². The average Bonchev–Trinajstić information content (AvgIpc) is 2.39. The third-order valence-corrected chi connectivity index (χ3v) is 3.85. The highest BCUT2D eigenvalue weighted by molar-refractivity contribution is 9.10. The fourth-order valence-corrected chi connectivity index (χ4v) is 2.59. The van der Waals surface area contributed by atoms with Gasteiger partial charge in [0.25, 0.3) is 5.91 Å². The zero-order valence-corrected chi connectivity index (χ0v) is 13.6. The molecule has 0 unspecified atom stereocenters. The van der Waals surface area contributed by atoms with Crippen molar-refractivity contribution in [2.24, 2.45) is 0 Å². The van der Waals surface area contributed by atoms with Crippen molar-refractivity contribution in [1.82, 2.24) is 9.88 Å². The van der Waals surface area contributed by atoms with Crippen LogP contribution in [0.5, 0.6) is 0 Å². The van der Waals surface area contributed by atoms with Gasteiger partial charge in [0.2, 0.25) is 0 Å². The number of benzene rings is 1. The summed E-state index contributed by atoms with van der Waals surface area (Å²) in [5.41, 5.74) is 2.34. The summed E-state index contributed by atoms with van der Waals surface area (Å²) >= 11 is 9.38. The number of aromatic nitrogens is 1. The normalized spacial score (nSPS) is 10.4. The van der Waals surface area contributed by atoms with Crippen LogP contribution in [-0.4, -0.2) is 22.8 Å². The molecule has 3 nitrogen and oxygen atoms in total. The Morgan fingerprint density at radius 2 is 2.05 bits per heavy atom. The van der Waals surface area contributed by atoms with Gasteiger partial charge in [-0.15, -0.1) is 0 Å². The lowest BCUT2D eigenvalue weighted by atomic mass is 10.2. The summed E-state index contributed by atoms with van der Waals surface area (Å²) in [6.07, 6.45) is 0. The van der Waals surface area contributed by atoms with Crippen molar-refractivity contribution in [2.45, 2.75) is 13.5 Å². The van der Waals surface area contributed by atoms with Crippen molar-refractivity contribution in [2.75, 3.05) is 7.05 Å². The number of halogens is 2. The third-order valence-electron chi connectivity index (χ3n) is 2.88. The van der Waals surface area contributed by atoms with E-state index in [9.17, 15) is 4.79 Å². The number of rotatable bonds is 3. The maximum atomic E-state index is 12.4. The predicted molar refractivity (Wildman–Crippen MR) is 83.9 cm³/mol. The van der Waals surface area contributed by atoms with Crippen molar-refractivity contribution in [3.8, 4) is 0 Å². The number of hydrogen-bond donors (Lipinski definition) is 0. The zero-order valence-electron chi connectivity index (χ0n) is 11.2. The van der Waals surface area contributed by atoms with Crippen molar-refractivity contribution >= 4 is 33.4 Å². The number of aryl methyl sites for hydroxylation is 1. The molecule has 0 aliphatic rings. The maximum absolute atomic E-state index is 12.4. The lowest BCUT2D eigenvalue weighted by molar-refractivity contribution is 0.0784. The number of carbonyl (C=O) groups is 1. The molecule has 0 aliphatic carbocycles. The van der Waals surface area contributed by atoms with E-state index in [1.807, 2.05) is 31.2 Å². The number of carbonyl (C=O) groups excluding carboxylic acids is 1. The third kappa shape index (κ3) is 3.58. The molecule has 2 rings (SSSR count). The second-order valence-electron chi connectivity index (χ2n) is 4.57. The molecular formula is C15H14BrClN2O. The SMILES string of the molecule is Cc1cc(C(=O)N(C)Cc2ccccc2Br)cc(Cl)n1. The Morgan fingerprint density at radius 3 is 2.70 bits per heavy atom. The molecule has 0 aliphatic heterocycles. The summed E-state index contributed by atoms with van der Waals surface area (Å²) in [6.45, 7) is 2.34. The Morgan fingerprint density at radius 1 is 1.35 bits per heavy atom. The zero-order chi connectivity index (χ0) is 14.7. The number of hydrogen-bond acceptors (Lipinski definition) is 2. The van der Waals surface area contributed by atoms with Gasteiger partial charge >= 0.3 is 0 Å². The minimum Gasteiger partial charge on any atom is -0.337 e. The fourth-order valence-electron chi connectivity index (χ4n) is 1.93. The van der Waals surface area contributed by atoms with Gasteiger partial charge < -0.3 is 4.90 Å². The smallest absolute Gasteiger partial charge is 0.254 e. The van der Waals surface area contributed by atoms with Gasteiger partial charge in [0.1, 0.15) is 5.15 Å². The second-order valence-corrected chi connectivity index (χ2v) is 5.81. The van der Waals surface area contributed by atoms with Crippen molar-refractivity contribution in [3.05, 3.63) is 62.8 Å². The van der Waals surface area contributed by atoms with E-state index in [2.05, 4.69) is 20.9 Å². The molecule has 1 heterocycles. The van der Waals surface area contributed by atoms with E-state index in [-0.39, 0.29) is 5.91 Å². The highest BCUT2D eigenvalue weighted by Crippen LogP contribution is 2.19. The molecule has 1 amide bonds. The van der Waals surface area contributed by atoms with Crippen LogP contribution < -0.4 is 0 Å². The lowest BCUT2D eigenvalue weighted by Gasteiger charge is -2.18. The monoisotopic (exact) mass is 352 g/mol. The molecule has 0 spiro atoms. The molecule has 0 atom stereocenters. The van der Waals surface area contributed by atoms with E-state index < -0.39 is 0 Å². The lowest BCUT2D eigenvalue weighted by Crippen LogP contribution is -2.26. The van der Waals surface area contributed by atoms with E-state index in [4.69, 9.17) is 11.6 Å². The molecule has 5 heteroatoms. The van der Waals surface area contributed by atoms with E-state index in [1.165, 1.54) is 0 Å². The summed E-state index contributed by atoms with van der Waals surface area (Å²) in [7, 11) is 1.77. The Labute approximate surface area is 131 Å². The van der Waals surface area contributed by atoms with Gasteiger partial charge in [-0.2, -0.15) is 0 Å². The molecule has 104 valence electrons. The molecule has 0 fully saturated rings. The molecule has 0 saturated heterocycles. The summed E-state index contributed by atoms with van der Waals surface area (Å²) in [4.78, 5) is 18.1. The van der Waals surface area contributed by atoms with Crippen LogP contribution in [0.3, 0.4) is 0 Å². The van der Waals surface area contributed by atoms with Gasteiger partial charge in [-0.3, -0.25) is 4.79 Å². The predicted octanol–water partition coefficient (Wildman–Crippen LogP) is 4.08. The average molecular weight is 354 g/mol. The van der Waals surface area contributed by atoms with Crippen LogP contribution in [0, 0.1) is 6.92 Å². The molecular weight excluding hydrogens is 340 g/mol. The van der Waals surface area contributed by atoms with Crippen LogP contribution >= 0.6 is 27.5 Å². The Bertz CT molecular complexity index is 625. The molecule has 1 aromatic heterocycles. The van der Waals surface area contributed by atoms with Gasteiger partial charge in [0.15, 0.2) is 0 Å². The molecule has 0 bridgehead atoms. The van der Waals surface area contributed by atoms with Gasteiger partial charge in [-0.25, -0.2) is 4.98 Å². The van der Waals surface area contributed by atoms with Crippen LogP contribution in [-0.2, 0) is 6.54 Å². The molecule has 20 heavy (non-hydrogen) atoms. The number of pyridine rings is 1. The van der Waals surface area contributed by atoms with Gasteiger partial charge in [-0.1, -0.05) is 45.7 Å². The Balaban J connectivity index is 2.18.